The maximum Gasteiger partial charge on any atom is 0.127 e. The van der Waals surface area contributed by atoms with Crippen molar-refractivity contribution in [3.63, 3.8) is 0 Å². The molecule has 0 amide bonds. The molecule has 8 bridgehead atoms. The van der Waals surface area contributed by atoms with Crippen molar-refractivity contribution in [2.75, 3.05) is 26.4 Å². The van der Waals surface area contributed by atoms with Crippen LogP contribution in [0.15, 0.2) is 24.3 Å². The van der Waals surface area contributed by atoms with Gasteiger partial charge in [-0.3, -0.25) is 0 Å². The number of benzene rings is 2. The highest BCUT2D eigenvalue weighted by molar-refractivity contribution is 5.97. The molecule has 8 aliphatic carbocycles. The summed E-state index contributed by atoms with van der Waals surface area (Å²) in [4.78, 5) is 0. The Kier molecular flexibility index (Phi) is 4.99. The van der Waals surface area contributed by atoms with Crippen molar-refractivity contribution in [3.05, 3.63) is 35.4 Å². The maximum absolute atomic E-state index is 6.62. The van der Waals surface area contributed by atoms with Gasteiger partial charge in [-0.25, -0.2) is 0 Å². The van der Waals surface area contributed by atoms with Crippen LogP contribution in [0.2, 0.25) is 0 Å². The summed E-state index contributed by atoms with van der Waals surface area (Å²) in [7, 11) is 0. The Balaban J connectivity index is 1.18. The molecule has 4 heteroatoms. The van der Waals surface area contributed by atoms with Gasteiger partial charge in [-0.1, -0.05) is 6.07 Å². The number of hydrogen-bond acceptors (Lipinski definition) is 4. The fourth-order valence-corrected chi connectivity index (χ4v) is 12.0. The van der Waals surface area contributed by atoms with E-state index in [1.807, 2.05) is 0 Å². The van der Waals surface area contributed by atoms with E-state index < -0.39 is 0 Å². The van der Waals surface area contributed by atoms with E-state index in [1.165, 1.54) is 87.8 Å². The SMILES string of the molecule is c1cc(OCC2CO2)c2c(C34CC5CC(CC(C5)C3)C4)cc(C34CC5CC(CC(C5)C3)C4)cc2c1OCC1CO1. The highest BCUT2D eigenvalue weighted by Crippen LogP contribution is 2.65. The molecule has 2 aromatic rings. The molecule has 12 rings (SSSR count). The standard InChI is InChI=1S/C36H44O4/c1-2-33(40-20-29-18-38-29)34-30(32(1)39-19-28-17-37-28)9-27(35-11-21-3-22(12-35)5-23(4-21)13-35)10-31(34)36-14-24-6-25(15-36)8-26(7-24)16-36/h1-2,9-10,21-26,28-29H,3-8,11-20H2. The van der Waals surface area contributed by atoms with Crippen molar-refractivity contribution in [3.8, 4) is 11.5 Å². The van der Waals surface area contributed by atoms with E-state index in [-0.39, 0.29) is 12.2 Å². The summed E-state index contributed by atoms with van der Waals surface area (Å²) in [5.74, 6) is 7.68. The topological polar surface area (TPSA) is 43.5 Å². The molecule has 2 unspecified atom stereocenters. The zero-order valence-electron chi connectivity index (χ0n) is 23.9. The van der Waals surface area contributed by atoms with Crippen molar-refractivity contribution in [2.45, 2.75) is 100 Å². The monoisotopic (exact) mass is 540 g/mol. The zero-order valence-corrected chi connectivity index (χ0v) is 23.9. The van der Waals surface area contributed by atoms with Gasteiger partial charge in [0, 0.05) is 10.8 Å². The lowest BCUT2D eigenvalue weighted by Crippen LogP contribution is -2.50. The zero-order chi connectivity index (χ0) is 26.1. The van der Waals surface area contributed by atoms with E-state index >= 15 is 0 Å². The first-order valence-corrected chi connectivity index (χ1v) is 16.7. The Labute approximate surface area is 238 Å². The van der Waals surface area contributed by atoms with Crippen molar-refractivity contribution in [1.82, 2.24) is 0 Å². The molecule has 2 aromatic carbocycles. The summed E-state index contributed by atoms with van der Waals surface area (Å²) in [6.07, 6.45) is 17.8. The Morgan fingerprint density at radius 3 is 1.55 bits per heavy atom. The first-order valence-electron chi connectivity index (χ1n) is 16.7. The molecule has 0 aromatic heterocycles. The second kappa shape index (κ2) is 8.40. The van der Waals surface area contributed by atoms with Crippen LogP contribution in [-0.4, -0.2) is 38.6 Å². The average molecular weight is 541 g/mol. The van der Waals surface area contributed by atoms with Gasteiger partial charge >= 0.3 is 0 Å². The van der Waals surface area contributed by atoms with Gasteiger partial charge in [-0.2, -0.15) is 0 Å². The van der Waals surface area contributed by atoms with Crippen LogP contribution in [0.5, 0.6) is 11.5 Å². The third kappa shape index (κ3) is 3.77. The molecular formula is C36H44O4. The summed E-state index contributed by atoms with van der Waals surface area (Å²) in [6, 6.07) is 9.77. The highest BCUT2D eigenvalue weighted by Gasteiger charge is 2.55. The van der Waals surface area contributed by atoms with E-state index in [0.717, 1.165) is 60.2 Å². The number of fused-ring (bicyclic) bond motifs is 1. The number of hydrogen-bond donors (Lipinski definition) is 0. The number of epoxide rings is 2. The second-order valence-electron chi connectivity index (χ2n) is 15.9. The minimum atomic E-state index is 0.256. The Morgan fingerprint density at radius 2 is 1.05 bits per heavy atom. The van der Waals surface area contributed by atoms with E-state index in [0.29, 0.717) is 24.0 Å². The molecule has 2 heterocycles. The quantitative estimate of drug-likeness (QED) is 0.329. The first kappa shape index (κ1) is 23.7. The van der Waals surface area contributed by atoms with E-state index in [2.05, 4.69) is 24.3 Å². The summed E-state index contributed by atoms with van der Waals surface area (Å²) in [5.41, 5.74) is 3.96. The van der Waals surface area contributed by atoms with Crippen LogP contribution >= 0.6 is 0 Å². The Bertz CT molecular complexity index is 1280. The first-order chi connectivity index (χ1) is 19.6. The fraction of sp³-hybridized carbons (Fsp3) is 0.722. The molecule has 4 nitrogen and oxygen atoms in total. The molecule has 8 saturated carbocycles. The van der Waals surface area contributed by atoms with Gasteiger partial charge in [-0.15, -0.1) is 0 Å². The smallest absolute Gasteiger partial charge is 0.127 e. The molecule has 10 aliphatic rings. The van der Waals surface area contributed by atoms with Crippen LogP contribution in [0.3, 0.4) is 0 Å². The largest absolute Gasteiger partial charge is 0.490 e. The van der Waals surface area contributed by atoms with Gasteiger partial charge in [0.25, 0.3) is 0 Å². The average Bonchev–Trinajstić information content (AvgIpc) is 3.85. The third-order valence-electron chi connectivity index (χ3n) is 13.0. The van der Waals surface area contributed by atoms with Crippen molar-refractivity contribution >= 4 is 10.8 Å². The van der Waals surface area contributed by atoms with Gasteiger partial charge in [0.1, 0.15) is 36.9 Å². The normalized spacial score (nSPS) is 45.3. The second-order valence-corrected chi connectivity index (χ2v) is 15.9. The van der Waals surface area contributed by atoms with Crippen LogP contribution in [-0.2, 0) is 20.3 Å². The third-order valence-corrected chi connectivity index (χ3v) is 13.0. The van der Waals surface area contributed by atoms with E-state index in [1.54, 1.807) is 11.1 Å². The molecule has 10 fully saturated rings. The number of rotatable bonds is 8. The molecule has 0 N–H and O–H groups in total. The predicted octanol–water partition coefficient (Wildman–Crippen LogP) is 7.33. The molecule has 0 spiro atoms. The van der Waals surface area contributed by atoms with Crippen molar-refractivity contribution < 1.29 is 18.9 Å². The van der Waals surface area contributed by atoms with Gasteiger partial charge < -0.3 is 18.9 Å². The minimum absolute atomic E-state index is 0.256. The molecule has 40 heavy (non-hydrogen) atoms. The summed E-state index contributed by atoms with van der Waals surface area (Å²) < 4.78 is 24.3. The minimum Gasteiger partial charge on any atom is -0.490 e. The maximum atomic E-state index is 6.62. The molecule has 212 valence electrons. The molecule has 2 aliphatic heterocycles. The van der Waals surface area contributed by atoms with Crippen LogP contribution in [0.4, 0.5) is 0 Å². The molecule has 0 radical (unpaired) electrons. The highest BCUT2D eigenvalue weighted by atomic mass is 16.6. The summed E-state index contributed by atoms with van der Waals surface area (Å²) >= 11 is 0. The molecule has 2 saturated heterocycles. The van der Waals surface area contributed by atoms with Crippen LogP contribution in [0.25, 0.3) is 10.8 Å². The Morgan fingerprint density at radius 1 is 0.600 bits per heavy atom. The van der Waals surface area contributed by atoms with Gasteiger partial charge in [0.2, 0.25) is 0 Å². The Hall–Kier alpha value is -1.78. The van der Waals surface area contributed by atoms with Gasteiger partial charge in [-0.05, 0) is 153 Å². The fourth-order valence-electron chi connectivity index (χ4n) is 12.0. The van der Waals surface area contributed by atoms with Gasteiger partial charge in [0.05, 0.1) is 13.2 Å². The van der Waals surface area contributed by atoms with Crippen molar-refractivity contribution in [1.29, 1.82) is 0 Å². The van der Waals surface area contributed by atoms with E-state index in [9.17, 15) is 0 Å². The molecular weight excluding hydrogens is 496 g/mol. The summed E-state index contributed by atoms with van der Waals surface area (Å²) in [5, 5.41) is 2.68. The van der Waals surface area contributed by atoms with Crippen LogP contribution in [0.1, 0.15) is 88.2 Å². The summed E-state index contributed by atoms with van der Waals surface area (Å²) in [6.45, 7) is 2.97. The lowest BCUT2D eigenvalue weighted by Gasteiger charge is -2.59. The van der Waals surface area contributed by atoms with Gasteiger partial charge in [0.15, 0.2) is 0 Å². The van der Waals surface area contributed by atoms with Crippen LogP contribution < -0.4 is 9.47 Å². The van der Waals surface area contributed by atoms with Crippen molar-refractivity contribution in [2.24, 2.45) is 35.5 Å². The predicted molar refractivity (Wildman–Crippen MR) is 154 cm³/mol. The lowest BCUT2D eigenvalue weighted by molar-refractivity contribution is -0.00791. The van der Waals surface area contributed by atoms with Crippen LogP contribution in [0, 0.1) is 35.5 Å². The molecule has 2 atom stereocenters. The lowest BCUT2D eigenvalue weighted by atomic mass is 9.46. The van der Waals surface area contributed by atoms with E-state index in [4.69, 9.17) is 18.9 Å². The number of ether oxygens (including phenoxy) is 4.